The number of nitrogens with zero attached hydrogens (tertiary/aromatic N) is 1. The van der Waals surface area contributed by atoms with Crippen molar-refractivity contribution < 1.29 is 13.2 Å². The molecule has 0 bridgehead atoms. The van der Waals surface area contributed by atoms with Crippen LogP contribution in [0.3, 0.4) is 0 Å². The molecule has 1 aliphatic heterocycles. The Bertz CT molecular complexity index is 916. The van der Waals surface area contributed by atoms with Gasteiger partial charge in [-0.15, -0.1) is 0 Å². The topological polar surface area (TPSA) is 66.5 Å². The summed E-state index contributed by atoms with van der Waals surface area (Å²) in [7, 11) is -3.30. The van der Waals surface area contributed by atoms with E-state index in [4.69, 9.17) is 0 Å². The maximum atomic E-state index is 12.6. The van der Waals surface area contributed by atoms with Crippen molar-refractivity contribution in [3.63, 3.8) is 0 Å². The lowest BCUT2D eigenvalue weighted by Crippen LogP contribution is -2.36. The number of aryl methyl sites for hydroxylation is 1. The molecule has 2 aromatic rings. The number of piperidine rings is 1. The second kappa shape index (κ2) is 9.55. The predicted octanol–water partition coefficient (Wildman–Crippen LogP) is 4.06. The van der Waals surface area contributed by atoms with Gasteiger partial charge in [0.15, 0.2) is 0 Å². The third-order valence-electron chi connectivity index (χ3n) is 5.51. The SMILES string of the molecule is CCc1ccc([C@@H](C)NC(=O)c2ccc(CS(=O)(=O)N3CCCCC3)cc2)cc1. The van der Waals surface area contributed by atoms with Gasteiger partial charge in [0.1, 0.15) is 0 Å². The minimum Gasteiger partial charge on any atom is -0.346 e. The number of carbonyl (C=O) groups excluding carboxylic acids is 1. The smallest absolute Gasteiger partial charge is 0.251 e. The normalized spacial score (nSPS) is 16.3. The maximum Gasteiger partial charge on any atom is 0.251 e. The van der Waals surface area contributed by atoms with Gasteiger partial charge in [0.05, 0.1) is 11.8 Å². The lowest BCUT2D eigenvalue weighted by atomic mass is 10.0. The highest BCUT2D eigenvalue weighted by Crippen LogP contribution is 2.18. The van der Waals surface area contributed by atoms with Crippen LogP contribution in [0.15, 0.2) is 48.5 Å². The standard InChI is InChI=1S/C23H30N2O3S/c1-3-19-7-11-21(12-8-19)18(2)24-23(26)22-13-9-20(10-14-22)17-29(27,28)25-15-5-4-6-16-25/h7-14,18H,3-6,15-17H2,1-2H3,(H,24,26)/t18-/m1/s1. The van der Waals surface area contributed by atoms with E-state index in [1.807, 2.05) is 19.1 Å². The van der Waals surface area contributed by atoms with Crippen molar-refractivity contribution >= 4 is 15.9 Å². The fourth-order valence-electron chi connectivity index (χ4n) is 3.60. The summed E-state index contributed by atoms with van der Waals surface area (Å²) in [5.74, 6) is -0.183. The van der Waals surface area contributed by atoms with E-state index in [0.717, 1.165) is 31.2 Å². The van der Waals surface area contributed by atoms with Gasteiger partial charge in [-0.1, -0.05) is 49.7 Å². The lowest BCUT2D eigenvalue weighted by Gasteiger charge is -2.25. The Hall–Kier alpha value is -2.18. The Labute approximate surface area is 174 Å². The van der Waals surface area contributed by atoms with Crippen LogP contribution in [-0.2, 0) is 22.2 Å². The minimum absolute atomic E-state index is 0.0188. The second-order valence-corrected chi connectivity index (χ2v) is 9.67. The third-order valence-corrected chi connectivity index (χ3v) is 7.36. The molecule has 1 amide bonds. The summed E-state index contributed by atoms with van der Waals surface area (Å²) < 4.78 is 26.7. The average molecular weight is 415 g/mol. The molecule has 1 N–H and O–H groups in total. The van der Waals surface area contributed by atoms with Crippen LogP contribution >= 0.6 is 0 Å². The summed E-state index contributed by atoms with van der Waals surface area (Å²) in [6.07, 6.45) is 3.94. The number of benzene rings is 2. The van der Waals surface area contributed by atoms with Gasteiger partial charge in [-0.25, -0.2) is 12.7 Å². The van der Waals surface area contributed by atoms with Crippen LogP contribution < -0.4 is 5.32 Å². The number of hydrogen-bond acceptors (Lipinski definition) is 3. The van der Waals surface area contributed by atoms with E-state index in [1.165, 1.54) is 5.56 Å². The maximum absolute atomic E-state index is 12.6. The summed E-state index contributed by atoms with van der Waals surface area (Å²) in [6.45, 7) is 5.29. The Balaban J connectivity index is 1.60. The molecule has 0 unspecified atom stereocenters. The van der Waals surface area contributed by atoms with Crippen molar-refractivity contribution in [1.82, 2.24) is 9.62 Å². The minimum atomic E-state index is -3.30. The molecule has 29 heavy (non-hydrogen) atoms. The number of hydrogen-bond donors (Lipinski definition) is 1. The van der Waals surface area contributed by atoms with E-state index in [9.17, 15) is 13.2 Å². The molecule has 3 rings (SSSR count). The molecule has 156 valence electrons. The van der Waals surface area contributed by atoms with Crippen molar-refractivity contribution in [2.45, 2.75) is 51.3 Å². The zero-order chi connectivity index (χ0) is 20.9. The van der Waals surface area contributed by atoms with E-state index >= 15 is 0 Å². The second-order valence-electron chi connectivity index (χ2n) is 7.70. The molecule has 1 aliphatic rings. The zero-order valence-electron chi connectivity index (χ0n) is 17.2. The van der Waals surface area contributed by atoms with Gasteiger partial charge in [0, 0.05) is 18.7 Å². The molecule has 0 aliphatic carbocycles. The van der Waals surface area contributed by atoms with Gasteiger partial charge in [-0.2, -0.15) is 0 Å². The van der Waals surface area contributed by atoms with E-state index in [0.29, 0.717) is 24.2 Å². The third kappa shape index (κ3) is 5.67. The molecule has 0 aromatic heterocycles. The fraction of sp³-hybridized carbons (Fsp3) is 0.435. The largest absolute Gasteiger partial charge is 0.346 e. The molecule has 1 atom stereocenters. The first kappa shape index (κ1) is 21.5. The first-order chi connectivity index (χ1) is 13.9. The molecule has 5 nitrogen and oxygen atoms in total. The number of carbonyl (C=O) groups is 1. The summed E-state index contributed by atoms with van der Waals surface area (Å²) in [6, 6.07) is 15.0. The van der Waals surface area contributed by atoms with Crippen molar-refractivity contribution in [1.29, 1.82) is 0 Å². The van der Waals surface area contributed by atoms with Crippen molar-refractivity contribution in [2.75, 3.05) is 13.1 Å². The molecular weight excluding hydrogens is 384 g/mol. The Morgan fingerprint density at radius 1 is 0.966 bits per heavy atom. The van der Waals surface area contributed by atoms with E-state index < -0.39 is 10.0 Å². The van der Waals surface area contributed by atoms with Gasteiger partial charge in [-0.3, -0.25) is 4.79 Å². The average Bonchev–Trinajstić information content (AvgIpc) is 2.74. The molecule has 1 fully saturated rings. The van der Waals surface area contributed by atoms with Gasteiger partial charge in [0.2, 0.25) is 10.0 Å². The van der Waals surface area contributed by atoms with Crippen molar-refractivity contribution in [3.05, 3.63) is 70.8 Å². The van der Waals surface area contributed by atoms with Crippen LogP contribution in [0.1, 0.15) is 66.2 Å². The van der Waals surface area contributed by atoms with Crippen LogP contribution in [0.2, 0.25) is 0 Å². The van der Waals surface area contributed by atoms with Crippen LogP contribution in [0.4, 0.5) is 0 Å². The lowest BCUT2D eigenvalue weighted by molar-refractivity contribution is 0.0940. The van der Waals surface area contributed by atoms with Gasteiger partial charge >= 0.3 is 0 Å². The van der Waals surface area contributed by atoms with Crippen LogP contribution in [0.25, 0.3) is 0 Å². The van der Waals surface area contributed by atoms with Crippen molar-refractivity contribution in [3.8, 4) is 0 Å². The highest BCUT2D eigenvalue weighted by molar-refractivity contribution is 7.88. The molecule has 6 heteroatoms. The fourth-order valence-corrected chi connectivity index (χ4v) is 5.21. The number of sulfonamides is 1. The summed E-state index contributed by atoms with van der Waals surface area (Å²) >= 11 is 0. The predicted molar refractivity (Wildman–Crippen MR) is 116 cm³/mol. The summed E-state index contributed by atoms with van der Waals surface area (Å²) in [5, 5.41) is 3.00. The number of amides is 1. The Morgan fingerprint density at radius 2 is 1.55 bits per heavy atom. The highest BCUT2D eigenvalue weighted by Gasteiger charge is 2.24. The first-order valence-corrected chi connectivity index (χ1v) is 12.0. The molecule has 0 radical (unpaired) electrons. The van der Waals surface area contributed by atoms with Crippen molar-refractivity contribution in [2.24, 2.45) is 0 Å². The van der Waals surface area contributed by atoms with Crippen LogP contribution in [0, 0.1) is 0 Å². The Morgan fingerprint density at radius 3 is 2.14 bits per heavy atom. The Kier molecular flexibility index (Phi) is 7.09. The molecule has 2 aromatic carbocycles. The number of rotatable bonds is 7. The number of nitrogens with one attached hydrogen (secondary N) is 1. The molecule has 1 heterocycles. The zero-order valence-corrected chi connectivity index (χ0v) is 18.0. The highest BCUT2D eigenvalue weighted by atomic mass is 32.2. The summed E-state index contributed by atoms with van der Waals surface area (Å²) in [4.78, 5) is 12.6. The van der Waals surface area contributed by atoms with Gasteiger partial charge in [0.25, 0.3) is 5.91 Å². The van der Waals surface area contributed by atoms with E-state index in [1.54, 1.807) is 28.6 Å². The van der Waals surface area contributed by atoms with Gasteiger partial charge < -0.3 is 5.32 Å². The molecule has 1 saturated heterocycles. The molecule has 0 spiro atoms. The molecular formula is C23H30N2O3S. The summed E-state index contributed by atoms with van der Waals surface area (Å²) in [5.41, 5.74) is 3.55. The van der Waals surface area contributed by atoms with Crippen LogP contribution in [0.5, 0.6) is 0 Å². The van der Waals surface area contributed by atoms with E-state index in [-0.39, 0.29) is 17.7 Å². The molecule has 0 saturated carbocycles. The van der Waals surface area contributed by atoms with E-state index in [2.05, 4.69) is 24.4 Å². The quantitative estimate of drug-likeness (QED) is 0.743. The first-order valence-electron chi connectivity index (χ1n) is 10.4. The van der Waals surface area contributed by atoms with Gasteiger partial charge in [-0.05, 0) is 55.0 Å². The monoisotopic (exact) mass is 414 g/mol. The van der Waals surface area contributed by atoms with Crippen LogP contribution in [-0.4, -0.2) is 31.7 Å².